The molecular weight excluding hydrogens is 464 g/mol. The van der Waals surface area contributed by atoms with Crippen LogP contribution in [0.3, 0.4) is 0 Å². The van der Waals surface area contributed by atoms with E-state index < -0.39 is 36.0 Å². The van der Waals surface area contributed by atoms with Gasteiger partial charge in [-0.1, -0.05) is 44.2 Å². The summed E-state index contributed by atoms with van der Waals surface area (Å²) in [5.74, 6) is -1.93. The van der Waals surface area contributed by atoms with Gasteiger partial charge in [0.1, 0.15) is 6.04 Å². The van der Waals surface area contributed by atoms with Gasteiger partial charge in [-0.25, -0.2) is 15.3 Å². The summed E-state index contributed by atoms with van der Waals surface area (Å²) < 4.78 is 5.53. The third-order valence-corrected chi connectivity index (χ3v) is 6.24. The maximum absolute atomic E-state index is 13.4. The molecule has 0 spiro atoms. The van der Waals surface area contributed by atoms with E-state index in [2.05, 4.69) is 10.8 Å². The van der Waals surface area contributed by atoms with Gasteiger partial charge in [0.25, 0.3) is 17.7 Å². The number of piperazine rings is 1. The molecule has 10 heteroatoms. The van der Waals surface area contributed by atoms with Crippen molar-refractivity contribution < 1.29 is 28.8 Å². The van der Waals surface area contributed by atoms with Crippen LogP contribution in [0.25, 0.3) is 0 Å². The summed E-state index contributed by atoms with van der Waals surface area (Å²) in [6.45, 7) is 4.33. The van der Waals surface area contributed by atoms with Crippen molar-refractivity contribution in [1.29, 1.82) is 0 Å². The van der Waals surface area contributed by atoms with E-state index in [9.17, 15) is 19.2 Å². The highest BCUT2D eigenvalue weighted by Gasteiger charge is 2.41. The number of hydrazine groups is 1. The van der Waals surface area contributed by atoms with E-state index in [1.165, 1.54) is 0 Å². The van der Waals surface area contributed by atoms with Gasteiger partial charge in [-0.3, -0.25) is 24.5 Å². The topological polar surface area (TPSA) is 117 Å². The van der Waals surface area contributed by atoms with E-state index in [1.54, 1.807) is 0 Å². The Morgan fingerprint density at radius 1 is 1.14 bits per heavy atom. The van der Waals surface area contributed by atoms with E-state index in [1.807, 2.05) is 44.2 Å². The Kier molecular flexibility index (Phi) is 10.8. The van der Waals surface area contributed by atoms with Crippen LogP contribution in [0.4, 0.5) is 0 Å². The Balaban J connectivity index is 1.82. The average molecular weight is 503 g/mol. The molecule has 2 fully saturated rings. The van der Waals surface area contributed by atoms with E-state index in [-0.39, 0.29) is 31.8 Å². The highest BCUT2D eigenvalue weighted by Crippen LogP contribution is 2.20. The van der Waals surface area contributed by atoms with Crippen molar-refractivity contribution >= 4 is 23.6 Å². The number of benzene rings is 1. The number of aryl methyl sites for hydroxylation is 1. The molecule has 2 atom stereocenters. The van der Waals surface area contributed by atoms with Crippen molar-refractivity contribution in [2.24, 2.45) is 5.92 Å². The van der Waals surface area contributed by atoms with Crippen LogP contribution in [-0.4, -0.2) is 65.7 Å². The summed E-state index contributed by atoms with van der Waals surface area (Å²) in [5, 5.41) is 4.66. The molecule has 0 radical (unpaired) electrons. The number of carbonyl (C=O) groups is 4. The summed E-state index contributed by atoms with van der Waals surface area (Å²) in [6, 6.07) is 8.71. The number of nitrogens with one attached hydrogen (secondary N) is 2. The molecule has 2 saturated heterocycles. The third-order valence-electron chi connectivity index (χ3n) is 6.24. The number of nitrogens with zero attached hydrogens (tertiary/aromatic N) is 2. The molecule has 36 heavy (non-hydrogen) atoms. The van der Waals surface area contributed by atoms with Crippen LogP contribution >= 0.6 is 0 Å². The molecule has 1 aromatic carbocycles. The number of hydrogen-bond acceptors (Lipinski definition) is 7. The van der Waals surface area contributed by atoms with Crippen LogP contribution in [0, 0.1) is 5.92 Å². The number of carbonyl (C=O) groups excluding carboxylic acids is 4. The summed E-state index contributed by atoms with van der Waals surface area (Å²) in [7, 11) is 0. The molecule has 0 aromatic heterocycles. The molecule has 2 heterocycles. The van der Waals surface area contributed by atoms with Crippen LogP contribution in [0.5, 0.6) is 0 Å². The maximum atomic E-state index is 13.4. The molecule has 198 valence electrons. The van der Waals surface area contributed by atoms with Gasteiger partial charge < -0.3 is 4.74 Å². The Labute approximate surface area is 212 Å². The number of rotatable bonds is 12. The van der Waals surface area contributed by atoms with Gasteiger partial charge in [0, 0.05) is 19.4 Å². The quantitative estimate of drug-likeness (QED) is 0.332. The lowest BCUT2D eigenvalue weighted by molar-refractivity contribution is -0.206. The van der Waals surface area contributed by atoms with Crippen molar-refractivity contribution in [2.45, 2.75) is 77.5 Å². The predicted molar refractivity (Wildman–Crippen MR) is 132 cm³/mol. The first-order valence-corrected chi connectivity index (χ1v) is 12.9. The highest BCUT2D eigenvalue weighted by molar-refractivity contribution is 6.02. The average Bonchev–Trinajstić information content (AvgIpc) is 2.88. The number of hydrogen-bond donors (Lipinski definition) is 2. The minimum absolute atomic E-state index is 0.0928. The minimum atomic E-state index is -1.09. The second-order valence-electron chi connectivity index (χ2n) is 9.65. The number of imide groups is 1. The summed E-state index contributed by atoms with van der Waals surface area (Å²) in [6.07, 6.45) is 4.08. The molecule has 2 aliphatic rings. The smallest absolute Gasteiger partial charge is 0.268 e. The van der Waals surface area contributed by atoms with Gasteiger partial charge in [0.2, 0.25) is 5.91 Å². The number of amides is 4. The Bertz CT molecular complexity index is 872. The standard InChI is InChI=1S/C26H38N4O6/c1-19(2)14-15-22(31)29(30-23(32)17-27-18-24(30)33)21(12-8-11-20-9-4-3-5-10-20)26(34)28-36-25-13-6-7-16-35-25/h3-5,9-10,19,21,25,27H,6-8,11-18H2,1-2H3,(H,28,34)/t21-,25+/m0/s1. The van der Waals surface area contributed by atoms with Gasteiger partial charge in [0.05, 0.1) is 13.1 Å². The zero-order chi connectivity index (χ0) is 25.9. The van der Waals surface area contributed by atoms with Crippen molar-refractivity contribution in [3.05, 3.63) is 35.9 Å². The molecule has 2 aliphatic heterocycles. The molecule has 4 amide bonds. The van der Waals surface area contributed by atoms with E-state index in [0.717, 1.165) is 28.4 Å². The number of ether oxygens (including phenoxy) is 1. The fourth-order valence-corrected chi connectivity index (χ4v) is 4.26. The minimum Gasteiger partial charge on any atom is -0.350 e. The van der Waals surface area contributed by atoms with E-state index >= 15 is 0 Å². The third kappa shape index (κ3) is 8.11. The second kappa shape index (κ2) is 14.1. The van der Waals surface area contributed by atoms with Crippen LogP contribution in [0.15, 0.2) is 30.3 Å². The zero-order valence-corrected chi connectivity index (χ0v) is 21.2. The molecule has 1 aromatic rings. The number of hydroxylamine groups is 1. The monoisotopic (exact) mass is 502 g/mol. The first kappa shape index (κ1) is 27.8. The van der Waals surface area contributed by atoms with Crippen molar-refractivity contribution in [2.75, 3.05) is 19.7 Å². The SMILES string of the molecule is CC(C)CCC(=O)N([C@@H](CCCc1ccccc1)C(=O)NO[C@@H]1CCCCO1)N1C(=O)CNCC1=O. The molecule has 2 N–H and O–H groups in total. The lowest BCUT2D eigenvalue weighted by Crippen LogP contribution is -2.65. The summed E-state index contributed by atoms with van der Waals surface area (Å²) in [5.41, 5.74) is 3.54. The van der Waals surface area contributed by atoms with E-state index in [0.29, 0.717) is 32.3 Å². The van der Waals surface area contributed by atoms with Crippen molar-refractivity contribution in [1.82, 2.24) is 20.8 Å². The summed E-state index contributed by atoms with van der Waals surface area (Å²) in [4.78, 5) is 57.9. The second-order valence-corrected chi connectivity index (χ2v) is 9.65. The Morgan fingerprint density at radius 3 is 2.50 bits per heavy atom. The Morgan fingerprint density at radius 2 is 1.86 bits per heavy atom. The van der Waals surface area contributed by atoms with Gasteiger partial charge in [0.15, 0.2) is 6.29 Å². The zero-order valence-electron chi connectivity index (χ0n) is 21.2. The maximum Gasteiger partial charge on any atom is 0.268 e. The lowest BCUT2D eigenvalue weighted by atomic mass is 10.0. The van der Waals surface area contributed by atoms with Crippen LogP contribution in [-0.2, 0) is 35.2 Å². The lowest BCUT2D eigenvalue weighted by Gasteiger charge is -2.40. The normalized spacial score (nSPS) is 19.3. The molecular formula is C26H38N4O6. The van der Waals surface area contributed by atoms with Crippen molar-refractivity contribution in [3.63, 3.8) is 0 Å². The molecule has 0 aliphatic carbocycles. The van der Waals surface area contributed by atoms with Gasteiger partial charge in [-0.2, -0.15) is 5.01 Å². The molecule has 10 nitrogen and oxygen atoms in total. The van der Waals surface area contributed by atoms with Crippen LogP contribution < -0.4 is 10.8 Å². The summed E-state index contributed by atoms with van der Waals surface area (Å²) >= 11 is 0. The molecule has 0 saturated carbocycles. The predicted octanol–water partition coefficient (Wildman–Crippen LogP) is 2.09. The fraction of sp³-hybridized carbons (Fsp3) is 0.615. The fourth-order valence-electron chi connectivity index (χ4n) is 4.26. The largest absolute Gasteiger partial charge is 0.350 e. The highest BCUT2D eigenvalue weighted by atomic mass is 16.8. The first-order valence-electron chi connectivity index (χ1n) is 12.9. The Hall–Kier alpha value is -2.82. The van der Waals surface area contributed by atoms with Gasteiger partial charge in [-0.05, 0) is 50.0 Å². The van der Waals surface area contributed by atoms with Crippen molar-refractivity contribution in [3.8, 4) is 0 Å². The van der Waals surface area contributed by atoms with Gasteiger partial charge >= 0.3 is 0 Å². The molecule has 3 rings (SSSR count). The van der Waals surface area contributed by atoms with Crippen LogP contribution in [0.1, 0.15) is 64.4 Å². The van der Waals surface area contributed by atoms with Crippen LogP contribution in [0.2, 0.25) is 0 Å². The first-order chi connectivity index (χ1) is 17.4. The molecule has 0 unspecified atom stereocenters. The molecule has 0 bridgehead atoms. The van der Waals surface area contributed by atoms with E-state index in [4.69, 9.17) is 9.57 Å². The van der Waals surface area contributed by atoms with Gasteiger partial charge in [-0.15, -0.1) is 0 Å².